The van der Waals surface area contributed by atoms with Crippen LogP contribution < -0.4 is 5.73 Å². The van der Waals surface area contributed by atoms with Crippen molar-refractivity contribution in [3.8, 4) is 0 Å². The zero-order chi connectivity index (χ0) is 11.0. The standard InChI is InChI=1S/C12H22N2O/c1-8(2)12(15)14-6-9-3-10(7-14)5-11(13)4-9/h8-11H,3-7,13H2,1-2H3. The van der Waals surface area contributed by atoms with Crippen molar-refractivity contribution in [2.75, 3.05) is 13.1 Å². The average Bonchev–Trinajstić information content (AvgIpc) is 2.14. The van der Waals surface area contributed by atoms with Gasteiger partial charge >= 0.3 is 0 Å². The van der Waals surface area contributed by atoms with Gasteiger partial charge in [0.1, 0.15) is 0 Å². The predicted octanol–water partition coefficient (Wildman–Crippen LogP) is 1.23. The van der Waals surface area contributed by atoms with Crippen LogP contribution in [0.1, 0.15) is 33.1 Å². The summed E-state index contributed by atoms with van der Waals surface area (Å²) in [5, 5.41) is 0. The molecule has 1 aliphatic heterocycles. The van der Waals surface area contributed by atoms with Gasteiger partial charge in [0.2, 0.25) is 5.91 Å². The number of rotatable bonds is 1. The first kappa shape index (κ1) is 10.9. The normalized spacial score (nSPS) is 35.7. The van der Waals surface area contributed by atoms with Gasteiger partial charge in [-0.15, -0.1) is 0 Å². The van der Waals surface area contributed by atoms with Crippen molar-refractivity contribution in [3.63, 3.8) is 0 Å². The summed E-state index contributed by atoms with van der Waals surface area (Å²) >= 11 is 0. The summed E-state index contributed by atoms with van der Waals surface area (Å²) in [6.07, 6.45) is 3.51. The Morgan fingerprint density at radius 1 is 1.20 bits per heavy atom. The topological polar surface area (TPSA) is 46.3 Å². The van der Waals surface area contributed by atoms with E-state index in [9.17, 15) is 4.79 Å². The third-order valence-corrected chi connectivity index (χ3v) is 3.70. The number of nitrogens with zero attached hydrogens (tertiary/aromatic N) is 1. The lowest BCUT2D eigenvalue weighted by atomic mass is 9.75. The Bertz CT molecular complexity index is 234. The van der Waals surface area contributed by atoms with Crippen LogP contribution in [0.5, 0.6) is 0 Å². The number of hydrogen-bond acceptors (Lipinski definition) is 2. The highest BCUT2D eigenvalue weighted by Gasteiger charge is 2.35. The number of likely N-dealkylation sites (tertiary alicyclic amines) is 1. The lowest BCUT2D eigenvalue weighted by Gasteiger charge is -2.44. The third-order valence-electron chi connectivity index (χ3n) is 3.70. The number of carbonyl (C=O) groups is 1. The van der Waals surface area contributed by atoms with Crippen LogP contribution in [0.15, 0.2) is 0 Å². The van der Waals surface area contributed by atoms with Crippen LogP contribution in [0, 0.1) is 17.8 Å². The molecule has 3 nitrogen and oxygen atoms in total. The smallest absolute Gasteiger partial charge is 0.225 e. The zero-order valence-electron chi connectivity index (χ0n) is 9.78. The van der Waals surface area contributed by atoms with Crippen LogP contribution in [0.3, 0.4) is 0 Å². The Labute approximate surface area is 92.0 Å². The van der Waals surface area contributed by atoms with Gasteiger partial charge < -0.3 is 10.6 Å². The maximum absolute atomic E-state index is 11.9. The molecule has 15 heavy (non-hydrogen) atoms. The second-order valence-corrected chi connectivity index (χ2v) is 5.60. The molecule has 2 atom stereocenters. The highest BCUT2D eigenvalue weighted by molar-refractivity contribution is 5.78. The summed E-state index contributed by atoms with van der Waals surface area (Å²) in [6, 6.07) is 0.380. The minimum absolute atomic E-state index is 0.137. The minimum Gasteiger partial charge on any atom is -0.342 e. The van der Waals surface area contributed by atoms with Crippen LogP contribution in [0.25, 0.3) is 0 Å². The molecule has 0 aromatic heterocycles. The first-order valence-electron chi connectivity index (χ1n) is 6.10. The molecule has 86 valence electrons. The molecule has 2 N–H and O–H groups in total. The van der Waals surface area contributed by atoms with Gasteiger partial charge in [-0.1, -0.05) is 13.8 Å². The van der Waals surface area contributed by atoms with E-state index in [0.717, 1.165) is 25.9 Å². The number of fused-ring (bicyclic) bond motifs is 2. The molecule has 1 saturated carbocycles. The summed E-state index contributed by atoms with van der Waals surface area (Å²) in [5.74, 6) is 1.78. The fourth-order valence-corrected chi connectivity index (χ4v) is 3.16. The number of nitrogens with two attached hydrogens (primary N) is 1. The Morgan fingerprint density at radius 3 is 2.20 bits per heavy atom. The zero-order valence-corrected chi connectivity index (χ0v) is 9.78. The van der Waals surface area contributed by atoms with Gasteiger partial charge in [-0.3, -0.25) is 4.79 Å². The van der Waals surface area contributed by atoms with Crippen molar-refractivity contribution in [3.05, 3.63) is 0 Å². The van der Waals surface area contributed by atoms with Gasteiger partial charge in [-0.25, -0.2) is 0 Å². The third kappa shape index (κ3) is 2.33. The molecule has 0 aromatic carbocycles. The minimum atomic E-state index is 0.137. The number of carbonyl (C=O) groups excluding carboxylic acids is 1. The number of amides is 1. The van der Waals surface area contributed by atoms with Crippen molar-refractivity contribution in [1.82, 2.24) is 4.90 Å². The largest absolute Gasteiger partial charge is 0.342 e. The lowest BCUT2D eigenvalue weighted by Crippen LogP contribution is -2.50. The van der Waals surface area contributed by atoms with Crippen molar-refractivity contribution in [2.24, 2.45) is 23.5 Å². The fraction of sp³-hybridized carbons (Fsp3) is 0.917. The lowest BCUT2D eigenvalue weighted by molar-refractivity contribution is -0.138. The van der Waals surface area contributed by atoms with E-state index >= 15 is 0 Å². The maximum atomic E-state index is 11.9. The number of piperidine rings is 1. The van der Waals surface area contributed by atoms with Gasteiger partial charge in [0.05, 0.1) is 0 Å². The summed E-state index contributed by atoms with van der Waals surface area (Å²) in [4.78, 5) is 14.0. The SMILES string of the molecule is CC(C)C(=O)N1CC2CC(N)CC(C2)C1. The van der Waals surface area contributed by atoms with E-state index in [1.807, 2.05) is 13.8 Å². The van der Waals surface area contributed by atoms with E-state index in [1.165, 1.54) is 6.42 Å². The molecule has 2 bridgehead atoms. The van der Waals surface area contributed by atoms with Crippen LogP contribution >= 0.6 is 0 Å². The Kier molecular flexibility index (Phi) is 3.01. The molecular formula is C12H22N2O. The van der Waals surface area contributed by atoms with E-state index in [-0.39, 0.29) is 5.92 Å². The van der Waals surface area contributed by atoms with E-state index < -0.39 is 0 Å². The van der Waals surface area contributed by atoms with Crippen LogP contribution in [0.2, 0.25) is 0 Å². The summed E-state index contributed by atoms with van der Waals surface area (Å²) in [7, 11) is 0. The van der Waals surface area contributed by atoms with Gasteiger partial charge in [-0.05, 0) is 31.1 Å². The van der Waals surface area contributed by atoms with Crippen molar-refractivity contribution >= 4 is 5.91 Å². The molecule has 2 fully saturated rings. The molecule has 0 aromatic rings. The molecule has 1 aliphatic carbocycles. The molecule has 1 amide bonds. The van der Waals surface area contributed by atoms with E-state index in [1.54, 1.807) is 0 Å². The molecule has 0 spiro atoms. The molecule has 1 saturated heterocycles. The first-order valence-corrected chi connectivity index (χ1v) is 6.10. The highest BCUT2D eigenvalue weighted by Crippen LogP contribution is 2.34. The van der Waals surface area contributed by atoms with Crippen molar-refractivity contribution < 1.29 is 4.79 Å². The second-order valence-electron chi connectivity index (χ2n) is 5.60. The van der Waals surface area contributed by atoms with Crippen LogP contribution in [0.4, 0.5) is 0 Å². The van der Waals surface area contributed by atoms with E-state index in [2.05, 4.69) is 4.90 Å². The summed E-state index contributed by atoms with van der Waals surface area (Å²) in [5.41, 5.74) is 6.00. The van der Waals surface area contributed by atoms with Crippen LogP contribution in [-0.2, 0) is 4.79 Å². The number of hydrogen-bond donors (Lipinski definition) is 1. The highest BCUT2D eigenvalue weighted by atomic mass is 16.2. The van der Waals surface area contributed by atoms with E-state index in [4.69, 9.17) is 5.73 Å². The van der Waals surface area contributed by atoms with Gasteiger partial charge in [0, 0.05) is 25.0 Å². The van der Waals surface area contributed by atoms with Gasteiger partial charge in [0.25, 0.3) is 0 Å². The van der Waals surface area contributed by atoms with Crippen molar-refractivity contribution in [2.45, 2.75) is 39.2 Å². The molecule has 2 aliphatic rings. The maximum Gasteiger partial charge on any atom is 0.225 e. The van der Waals surface area contributed by atoms with Crippen LogP contribution in [-0.4, -0.2) is 29.9 Å². The van der Waals surface area contributed by atoms with E-state index in [0.29, 0.717) is 23.8 Å². The molecule has 1 heterocycles. The molecule has 2 rings (SSSR count). The molecular weight excluding hydrogens is 188 g/mol. The Hall–Kier alpha value is -0.570. The first-order chi connectivity index (χ1) is 7.06. The average molecular weight is 210 g/mol. The summed E-state index contributed by atoms with van der Waals surface area (Å²) < 4.78 is 0. The Balaban J connectivity index is 1.99. The second kappa shape index (κ2) is 4.12. The van der Waals surface area contributed by atoms with Gasteiger partial charge in [-0.2, -0.15) is 0 Å². The predicted molar refractivity (Wildman–Crippen MR) is 60.2 cm³/mol. The molecule has 0 radical (unpaired) electrons. The quantitative estimate of drug-likeness (QED) is 0.707. The molecule has 2 unspecified atom stereocenters. The molecule has 3 heteroatoms. The fourth-order valence-electron chi connectivity index (χ4n) is 3.16. The monoisotopic (exact) mass is 210 g/mol. The van der Waals surface area contributed by atoms with Crippen molar-refractivity contribution in [1.29, 1.82) is 0 Å². The Morgan fingerprint density at radius 2 is 1.73 bits per heavy atom. The summed E-state index contributed by atoms with van der Waals surface area (Å²) in [6.45, 7) is 5.86. The van der Waals surface area contributed by atoms with Gasteiger partial charge in [0.15, 0.2) is 0 Å².